The highest BCUT2D eigenvalue weighted by molar-refractivity contribution is 5.68. The fourth-order valence-corrected chi connectivity index (χ4v) is 3.01. The first-order chi connectivity index (χ1) is 10.9. The van der Waals surface area contributed by atoms with E-state index in [1.165, 1.54) is 44.9 Å². The van der Waals surface area contributed by atoms with Gasteiger partial charge in [0.25, 0.3) is 0 Å². The predicted octanol–water partition coefficient (Wildman–Crippen LogP) is 4.73. The molecule has 4 nitrogen and oxygen atoms in total. The quantitative estimate of drug-likeness (QED) is 0.656. The summed E-state index contributed by atoms with van der Waals surface area (Å²) in [5, 5.41) is 3.65. The van der Waals surface area contributed by atoms with Gasteiger partial charge >= 0.3 is 6.09 Å². The van der Waals surface area contributed by atoms with Crippen molar-refractivity contribution < 1.29 is 9.53 Å². The van der Waals surface area contributed by atoms with Gasteiger partial charge in [0.1, 0.15) is 5.60 Å². The molecule has 1 aliphatic heterocycles. The summed E-state index contributed by atoms with van der Waals surface area (Å²) in [6.07, 6.45) is 11.2. The van der Waals surface area contributed by atoms with Gasteiger partial charge in [-0.15, -0.1) is 0 Å². The highest BCUT2D eigenvalue weighted by atomic mass is 16.6. The zero-order chi connectivity index (χ0) is 17.1. The summed E-state index contributed by atoms with van der Waals surface area (Å²) in [5.41, 5.74) is -0.412. The van der Waals surface area contributed by atoms with Crippen LogP contribution in [0, 0.1) is 0 Å². The molecule has 23 heavy (non-hydrogen) atoms. The number of rotatable bonds is 8. The van der Waals surface area contributed by atoms with Crippen molar-refractivity contribution >= 4 is 6.09 Å². The number of ether oxygens (including phenoxy) is 1. The molecule has 0 spiro atoms. The summed E-state index contributed by atoms with van der Waals surface area (Å²) in [4.78, 5) is 14.2. The molecule has 1 amide bonds. The molecular weight excluding hydrogens is 288 g/mol. The Kier molecular flexibility index (Phi) is 9.61. The van der Waals surface area contributed by atoms with Gasteiger partial charge in [-0.05, 0) is 46.6 Å². The second-order valence-electron chi connectivity index (χ2n) is 7.84. The minimum absolute atomic E-state index is 0.161. The predicted molar refractivity (Wildman–Crippen MR) is 96.8 cm³/mol. The normalized spacial score (nSPS) is 19.5. The lowest BCUT2D eigenvalue weighted by molar-refractivity contribution is 0.0244. The molecule has 1 rings (SSSR count). The number of hydrogen-bond donors (Lipinski definition) is 1. The van der Waals surface area contributed by atoms with Crippen LogP contribution < -0.4 is 5.32 Å². The largest absolute Gasteiger partial charge is 0.444 e. The Morgan fingerprint density at radius 1 is 1.13 bits per heavy atom. The molecule has 0 aliphatic carbocycles. The Bertz CT molecular complexity index is 326. The molecule has 0 saturated carbocycles. The van der Waals surface area contributed by atoms with Gasteiger partial charge in [0.2, 0.25) is 0 Å². The van der Waals surface area contributed by atoms with Crippen molar-refractivity contribution in [1.29, 1.82) is 0 Å². The molecule has 1 unspecified atom stereocenters. The topological polar surface area (TPSA) is 41.6 Å². The lowest BCUT2D eigenvalue weighted by Crippen LogP contribution is -2.44. The summed E-state index contributed by atoms with van der Waals surface area (Å²) in [5.74, 6) is 0. The number of amides is 1. The molecule has 1 heterocycles. The highest BCUT2D eigenvalue weighted by Crippen LogP contribution is 2.15. The molecule has 1 fully saturated rings. The third-order valence-corrected chi connectivity index (χ3v) is 4.29. The van der Waals surface area contributed by atoms with Crippen molar-refractivity contribution in [3.8, 4) is 0 Å². The first-order valence-electron chi connectivity index (χ1n) is 9.63. The van der Waals surface area contributed by atoms with Crippen molar-refractivity contribution in [2.24, 2.45) is 0 Å². The number of nitrogens with one attached hydrogen (secondary N) is 1. The Morgan fingerprint density at radius 2 is 1.83 bits per heavy atom. The van der Waals surface area contributed by atoms with Crippen molar-refractivity contribution in [3.05, 3.63) is 0 Å². The molecule has 1 atom stereocenters. The molecule has 1 N–H and O–H groups in total. The van der Waals surface area contributed by atoms with Crippen LogP contribution in [0.4, 0.5) is 4.79 Å². The first-order valence-corrected chi connectivity index (χ1v) is 9.63. The molecule has 0 bridgehead atoms. The Morgan fingerprint density at radius 3 is 2.52 bits per heavy atom. The zero-order valence-electron chi connectivity index (χ0n) is 15.8. The average molecular weight is 327 g/mol. The summed E-state index contributed by atoms with van der Waals surface area (Å²) < 4.78 is 5.52. The maximum atomic E-state index is 12.3. The highest BCUT2D eigenvalue weighted by Gasteiger charge is 2.25. The fraction of sp³-hybridized carbons (Fsp3) is 0.947. The van der Waals surface area contributed by atoms with Crippen LogP contribution >= 0.6 is 0 Å². The van der Waals surface area contributed by atoms with E-state index in [1.54, 1.807) is 0 Å². The van der Waals surface area contributed by atoms with E-state index in [2.05, 4.69) is 12.2 Å². The first kappa shape index (κ1) is 20.3. The van der Waals surface area contributed by atoms with Gasteiger partial charge in [-0.25, -0.2) is 4.79 Å². The summed E-state index contributed by atoms with van der Waals surface area (Å²) >= 11 is 0. The van der Waals surface area contributed by atoms with Crippen LogP contribution in [0.2, 0.25) is 0 Å². The third-order valence-electron chi connectivity index (χ3n) is 4.29. The smallest absolute Gasteiger partial charge is 0.410 e. The standard InChI is InChI=1S/C19H38N2O2/c1-5-6-7-8-9-11-14-20-17-13-10-12-15-21(16-17)18(22)23-19(2,3)4/h17,20H,5-16H2,1-4H3. The van der Waals surface area contributed by atoms with E-state index in [-0.39, 0.29) is 6.09 Å². The molecule has 1 aliphatic rings. The monoisotopic (exact) mass is 326 g/mol. The summed E-state index contributed by atoms with van der Waals surface area (Å²) in [6, 6.07) is 0.417. The van der Waals surface area contributed by atoms with Crippen molar-refractivity contribution in [2.45, 2.75) is 97.1 Å². The van der Waals surface area contributed by atoms with Crippen LogP contribution in [0.5, 0.6) is 0 Å². The van der Waals surface area contributed by atoms with Crippen molar-refractivity contribution in [2.75, 3.05) is 19.6 Å². The van der Waals surface area contributed by atoms with Gasteiger partial charge < -0.3 is 15.0 Å². The Hall–Kier alpha value is -0.770. The van der Waals surface area contributed by atoms with E-state index in [4.69, 9.17) is 4.74 Å². The van der Waals surface area contributed by atoms with Crippen LogP contribution in [0.3, 0.4) is 0 Å². The second-order valence-corrected chi connectivity index (χ2v) is 7.84. The third kappa shape index (κ3) is 9.85. The number of hydrogen-bond acceptors (Lipinski definition) is 3. The molecular formula is C19H38N2O2. The molecule has 136 valence electrons. The summed E-state index contributed by atoms with van der Waals surface area (Å²) in [7, 11) is 0. The van der Waals surface area contributed by atoms with Gasteiger partial charge in [-0.2, -0.15) is 0 Å². The number of likely N-dealkylation sites (tertiary alicyclic amines) is 1. The lowest BCUT2D eigenvalue weighted by Gasteiger charge is -2.28. The van der Waals surface area contributed by atoms with Crippen LogP contribution in [0.25, 0.3) is 0 Å². The molecule has 4 heteroatoms. The molecule has 1 saturated heterocycles. The van der Waals surface area contributed by atoms with Gasteiger partial charge in [-0.1, -0.05) is 45.4 Å². The minimum atomic E-state index is -0.412. The van der Waals surface area contributed by atoms with Crippen molar-refractivity contribution in [1.82, 2.24) is 10.2 Å². The van der Waals surface area contributed by atoms with Crippen molar-refractivity contribution in [3.63, 3.8) is 0 Å². The number of unbranched alkanes of at least 4 members (excludes halogenated alkanes) is 5. The maximum absolute atomic E-state index is 12.3. The fourth-order valence-electron chi connectivity index (χ4n) is 3.01. The minimum Gasteiger partial charge on any atom is -0.444 e. The van der Waals surface area contributed by atoms with E-state index >= 15 is 0 Å². The average Bonchev–Trinajstić information content (AvgIpc) is 2.70. The summed E-state index contributed by atoms with van der Waals surface area (Å²) in [6.45, 7) is 10.7. The lowest BCUT2D eigenvalue weighted by atomic mass is 10.1. The Labute approximate surface area is 143 Å². The van der Waals surface area contributed by atoms with E-state index in [0.29, 0.717) is 6.04 Å². The van der Waals surface area contributed by atoms with E-state index in [0.717, 1.165) is 32.5 Å². The molecule has 0 aromatic rings. The number of carbonyl (C=O) groups is 1. The SMILES string of the molecule is CCCCCCCCNC1CCCCN(C(=O)OC(C)(C)C)C1. The van der Waals surface area contributed by atoms with E-state index in [1.807, 2.05) is 25.7 Å². The van der Waals surface area contributed by atoms with Gasteiger partial charge in [0.15, 0.2) is 0 Å². The van der Waals surface area contributed by atoms with Crippen LogP contribution in [-0.4, -0.2) is 42.3 Å². The number of nitrogens with zero attached hydrogens (tertiary/aromatic N) is 1. The molecule has 0 aromatic carbocycles. The van der Waals surface area contributed by atoms with Crippen LogP contribution in [-0.2, 0) is 4.74 Å². The van der Waals surface area contributed by atoms with Crippen LogP contribution in [0.15, 0.2) is 0 Å². The van der Waals surface area contributed by atoms with Gasteiger partial charge in [0, 0.05) is 19.1 Å². The van der Waals surface area contributed by atoms with E-state index < -0.39 is 5.60 Å². The van der Waals surface area contributed by atoms with E-state index in [9.17, 15) is 4.79 Å². The second kappa shape index (κ2) is 10.9. The van der Waals surface area contributed by atoms with Gasteiger partial charge in [-0.3, -0.25) is 0 Å². The van der Waals surface area contributed by atoms with Gasteiger partial charge in [0.05, 0.1) is 0 Å². The Balaban J connectivity index is 2.26. The maximum Gasteiger partial charge on any atom is 0.410 e. The number of carbonyl (C=O) groups excluding carboxylic acids is 1. The zero-order valence-corrected chi connectivity index (χ0v) is 15.8. The molecule has 0 radical (unpaired) electrons. The van der Waals surface area contributed by atoms with Crippen LogP contribution in [0.1, 0.15) is 85.5 Å². The molecule has 0 aromatic heterocycles.